The molecule has 0 amide bonds. The Morgan fingerprint density at radius 1 is 0.403 bits per heavy atom. The minimum absolute atomic E-state index is 0.123. The van der Waals surface area contributed by atoms with Crippen molar-refractivity contribution in [2.75, 3.05) is 26.4 Å². The van der Waals surface area contributed by atoms with Gasteiger partial charge in [-0.2, -0.15) is 0 Å². The monoisotopic (exact) mass is 1030 g/mol. The Morgan fingerprint density at radius 2 is 0.722 bits per heavy atom. The van der Waals surface area contributed by atoms with E-state index in [0.29, 0.717) is 19.3 Å². The lowest BCUT2D eigenvalue weighted by atomic mass is 10.0. The molecular weight excluding hydrogens is 928 g/mol. The SMILES string of the molecule is CC/C=C\C/C=C\C/C=C\C/C=C\CCCCC(=O)OC(CO)COP(=O)(O)OCC(COC(=O)CCCCCCCCCCCCCCC)OC(=O)CCCCCCCCC/C=C\C/C=C\CCCCC. The number of allylic oxidation sites excluding steroid dienone is 12. The molecule has 0 heterocycles. The second kappa shape index (κ2) is 54.2. The molecule has 72 heavy (non-hydrogen) atoms. The van der Waals surface area contributed by atoms with Crippen molar-refractivity contribution < 1.29 is 52.2 Å². The van der Waals surface area contributed by atoms with Crippen molar-refractivity contribution in [3.63, 3.8) is 0 Å². The molecule has 0 bridgehead atoms. The molecule has 0 radical (unpaired) electrons. The molecule has 416 valence electrons. The Bertz CT molecular complexity index is 1490. The maximum Gasteiger partial charge on any atom is 0.472 e. The molecule has 0 aliphatic rings. The van der Waals surface area contributed by atoms with E-state index in [1.807, 2.05) is 0 Å². The van der Waals surface area contributed by atoms with E-state index >= 15 is 0 Å². The van der Waals surface area contributed by atoms with Crippen LogP contribution < -0.4 is 0 Å². The van der Waals surface area contributed by atoms with Crippen LogP contribution >= 0.6 is 7.82 Å². The van der Waals surface area contributed by atoms with Crippen LogP contribution in [-0.2, 0) is 42.2 Å². The highest BCUT2D eigenvalue weighted by molar-refractivity contribution is 7.47. The Morgan fingerprint density at radius 3 is 1.17 bits per heavy atom. The van der Waals surface area contributed by atoms with E-state index in [4.69, 9.17) is 23.3 Å². The normalized spacial score (nSPS) is 13.9. The standard InChI is InChI=1S/C60H105O11P/c1-4-7-10-13-16-19-22-25-27-28-30-33-36-39-42-45-48-51-60(64)71-57(53-67-58(62)49-46-43-40-37-34-31-24-21-18-15-12-9-6-3)55-69-72(65,66)68-54-56(52-61)70-59(63)50-47-44-41-38-35-32-29-26-23-20-17-14-11-8-5-2/h8,11,16-17,19-20,25-27,29,35,38,56-57,61H,4-7,9-10,12-15,18,21-24,28,30-34,36-37,39-55H2,1-3H3,(H,65,66)/b11-8-,19-16-,20-17-,27-25-,29-26-,38-35-. The predicted octanol–water partition coefficient (Wildman–Crippen LogP) is 16.9. The number of hydrogen-bond donors (Lipinski definition) is 2. The number of carbonyl (C=O) groups is 3. The van der Waals surface area contributed by atoms with Crippen LogP contribution in [0.25, 0.3) is 0 Å². The van der Waals surface area contributed by atoms with Crippen molar-refractivity contribution in [1.82, 2.24) is 0 Å². The summed E-state index contributed by atoms with van der Waals surface area (Å²) in [5, 5.41) is 9.80. The van der Waals surface area contributed by atoms with Crippen LogP contribution in [0.3, 0.4) is 0 Å². The summed E-state index contributed by atoms with van der Waals surface area (Å²) in [7, 11) is -4.76. The summed E-state index contributed by atoms with van der Waals surface area (Å²) >= 11 is 0. The first-order chi connectivity index (χ1) is 35.2. The number of aliphatic hydroxyl groups is 1. The van der Waals surface area contributed by atoms with Gasteiger partial charge in [-0.25, -0.2) is 4.57 Å². The van der Waals surface area contributed by atoms with E-state index in [9.17, 15) is 28.9 Å². The fraction of sp³-hybridized carbons (Fsp3) is 0.750. The first kappa shape index (κ1) is 68.9. The number of ether oxygens (including phenoxy) is 3. The molecule has 0 saturated carbocycles. The van der Waals surface area contributed by atoms with E-state index in [1.165, 1.54) is 96.3 Å². The van der Waals surface area contributed by atoms with Crippen molar-refractivity contribution in [2.45, 2.75) is 264 Å². The van der Waals surface area contributed by atoms with Crippen LogP contribution in [0.4, 0.5) is 0 Å². The van der Waals surface area contributed by atoms with Crippen molar-refractivity contribution in [1.29, 1.82) is 0 Å². The van der Waals surface area contributed by atoms with Gasteiger partial charge in [0.25, 0.3) is 0 Å². The highest BCUT2D eigenvalue weighted by Crippen LogP contribution is 2.43. The quantitative estimate of drug-likeness (QED) is 0.0197. The van der Waals surface area contributed by atoms with E-state index in [1.54, 1.807) is 0 Å². The van der Waals surface area contributed by atoms with Crippen LogP contribution in [-0.4, -0.2) is 66.5 Å². The zero-order valence-electron chi connectivity index (χ0n) is 45.9. The van der Waals surface area contributed by atoms with Crippen LogP contribution in [0, 0.1) is 0 Å². The smallest absolute Gasteiger partial charge is 0.462 e. The van der Waals surface area contributed by atoms with Crippen molar-refractivity contribution in [2.24, 2.45) is 0 Å². The molecular formula is C60H105O11P. The fourth-order valence-corrected chi connectivity index (χ4v) is 8.51. The molecule has 0 aromatic heterocycles. The topological polar surface area (TPSA) is 155 Å². The van der Waals surface area contributed by atoms with Gasteiger partial charge in [-0.05, 0) is 89.9 Å². The number of esters is 3. The molecule has 0 aliphatic heterocycles. The Hall–Kier alpha value is -3.08. The molecule has 11 nitrogen and oxygen atoms in total. The van der Waals surface area contributed by atoms with Crippen molar-refractivity contribution >= 4 is 25.7 Å². The van der Waals surface area contributed by atoms with Gasteiger partial charge in [0.15, 0.2) is 6.10 Å². The number of hydrogen-bond acceptors (Lipinski definition) is 10. The lowest BCUT2D eigenvalue weighted by Gasteiger charge is -2.21. The average Bonchev–Trinajstić information content (AvgIpc) is 3.37. The lowest BCUT2D eigenvalue weighted by molar-refractivity contribution is -0.161. The average molecular weight is 1030 g/mol. The highest BCUT2D eigenvalue weighted by Gasteiger charge is 2.28. The van der Waals surface area contributed by atoms with Gasteiger partial charge in [0.1, 0.15) is 12.7 Å². The lowest BCUT2D eigenvalue weighted by Crippen LogP contribution is -2.30. The second-order valence-electron chi connectivity index (χ2n) is 19.1. The van der Waals surface area contributed by atoms with Gasteiger partial charge in [0.2, 0.25) is 0 Å². The number of aliphatic hydroxyl groups excluding tert-OH is 1. The third-order valence-corrected chi connectivity index (χ3v) is 13.1. The summed E-state index contributed by atoms with van der Waals surface area (Å²) in [6, 6.07) is 0. The maximum atomic E-state index is 12.9. The summed E-state index contributed by atoms with van der Waals surface area (Å²) in [4.78, 5) is 48.5. The third kappa shape index (κ3) is 51.8. The highest BCUT2D eigenvalue weighted by atomic mass is 31.2. The second-order valence-corrected chi connectivity index (χ2v) is 20.5. The molecule has 0 saturated heterocycles. The molecule has 3 unspecified atom stereocenters. The van der Waals surface area contributed by atoms with Gasteiger partial charge in [-0.1, -0.05) is 216 Å². The fourth-order valence-electron chi connectivity index (χ4n) is 7.73. The van der Waals surface area contributed by atoms with Crippen LogP contribution in [0.15, 0.2) is 72.9 Å². The van der Waals surface area contributed by atoms with Gasteiger partial charge in [-0.15, -0.1) is 0 Å². The third-order valence-electron chi connectivity index (χ3n) is 12.1. The number of phosphoric acid groups is 1. The zero-order chi connectivity index (χ0) is 52.7. The van der Waals surface area contributed by atoms with Crippen molar-refractivity contribution in [3.05, 3.63) is 72.9 Å². The number of phosphoric ester groups is 1. The maximum absolute atomic E-state index is 12.9. The van der Waals surface area contributed by atoms with Gasteiger partial charge >= 0.3 is 25.7 Å². The van der Waals surface area contributed by atoms with Gasteiger partial charge in [0.05, 0.1) is 19.8 Å². The molecule has 12 heteroatoms. The molecule has 0 rings (SSSR count). The minimum Gasteiger partial charge on any atom is -0.462 e. The molecule has 0 aromatic rings. The number of unbranched alkanes of at least 4 members (excludes halogenated alkanes) is 24. The van der Waals surface area contributed by atoms with Crippen molar-refractivity contribution in [3.8, 4) is 0 Å². The minimum atomic E-state index is -4.76. The van der Waals surface area contributed by atoms with Gasteiger partial charge in [-0.3, -0.25) is 23.4 Å². The summed E-state index contributed by atoms with van der Waals surface area (Å²) in [6.07, 6.45) is 60.0. The predicted molar refractivity (Wildman–Crippen MR) is 298 cm³/mol. The van der Waals surface area contributed by atoms with E-state index in [2.05, 4.69) is 93.7 Å². The summed E-state index contributed by atoms with van der Waals surface area (Å²) in [5.41, 5.74) is 0. The van der Waals surface area contributed by atoms with Crippen LogP contribution in [0.5, 0.6) is 0 Å². The van der Waals surface area contributed by atoms with Gasteiger partial charge < -0.3 is 24.2 Å². The van der Waals surface area contributed by atoms with Crippen LogP contribution in [0.2, 0.25) is 0 Å². The number of rotatable bonds is 53. The Balaban J connectivity index is 4.76. The molecule has 3 atom stereocenters. The number of carbonyl (C=O) groups excluding carboxylic acids is 3. The largest absolute Gasteiger partial charge is 0.472 e. The molecule has 2 N–H and O–H groups in total. The van der Waals surface area contributed by atoms with E-state index in [-0.39, 0.29) is 25.9 Å². The first-order valence-corrected chi connectivity index (χ1v) is 30.3. The summed E-state index contributed by atoms with van der Waals surface area (Å²) < 4.78 is 39.5. The Kier molecular flexibility index (Phi) is 51.9. The molecule has 0 aromatic carbocycles. The molecule has 0 aliphatic carbocycles. The summed E-state index contributed by atoms with van der Waals surface area (Å²) in [6.45, 7) is 4.46. The van der Waals surface area contributed by atoms with Crippen LogP contribution in [0.1, 0.15) is 252 Å². The first-order valence-electron chi connectivity index (χ1n) is 28.8. The molecule has 0 spiro atoms. The zero-order valence-corrected chi connectivity index (χ0v) is 46.8. The molecule has 0 fully saturated rings. The van der Waals surface area contributed by atoms with E-state index in [0.717, 1.165) is 96.3 Å². The van der Waals surface area contributed by atoms with Gasteiger partial charge in [0, 0.05) is 19.3 Å². The van der Waals surface area contributed by atoms with E-state index < -0.39 is 57.8 Å². The summed E-state index contributed by atoms with van der Waals surface area (Å²) in [5.74, 6) is -1.51. The Labute approximate surface area is 439 Å².